The number of piperazine rings is 1. The maximum absolute atomic E-state index is 10.9. The van der Waals surface area contributed by atoms with Crippen molar-refractivity contribution in [2.24, 2.45) is 0 Å². The lowest BCUT2D eigenvalue weighted by molar-refractivity contribution is -0.140. The molecule has 0 bridgehead atoms. The van der Waals surface area contributed by atoms with E-state index in [0.29, 0.717) is 0 Å². The highest BCUT2D eigenvalue weighted by Gasteiger charge is 2.42. The van der Waals surface area contributed by atoms with Crippen molar-refractivity contribution in [3.63, 3.8) is 0 Å². The zero-order valence-electron chi connectivity index (χ0n) is 11.0. The number of hydrogen-bond acceptors (Lipinski definition) is 3. The third-order valence-electron chi connectivity index (χ3n) is 3.09. The molecule has 0 aromatic heterocycles. The third-order valence-corrected chi connectivity index (χ3v) is 3.09. The summed E-state index contributed by atoms with van der Waals surface area (Å²) in [6.45, 7) is 12.4. The molecule has 1 fully saturated rings. The third kappa shape index (κ3) is 2.95. The SMILES string of the molecule is CC(C)(C)N1C(CC(=O)O)CNCC1(C)C. The van der Waals surface area contributed by atoms with Crippen LogP contribution in [0, 0.1) is 0 Å². The maximum atomic E-state index is 10.9. The summed E-state index contributed by atoms with van der Waals surface area (Å²) in [6.07, 6.45) is 0.202. The normalized spacial score (nSPS) is 26.7. The molecule has 0 aromatic carbocycles. The largest absolute Gasteiger partial charge is 0.481 e. The van der Waals surface area contributed by atoms with Gasteiger partial charge in [-0.3, -0.25) is 9.69 Å². The lowest BCUT2D eigenvalue weighted by Crippen LogP contribution is -2.68. The summed E-state index contributed by atoms with van der Waals surface area (Å²) < 4.78 is 0. The molecule has 1 atom stereocenters. The summed E-state index contributed by atoms with van der Waals surface area (Å²) in [7, 11) is 0. The Balaban J connectivity index is 2.93. The molecule has 0 radical (unpaired) electrons. The van der Waals surface area contributed by atoms with Gasteiger partial charge in [-0.05, 0) is 34.6 Å². The molecule has 1 heterocycles. The van der Waals surface area contributed by atoms with E-state index < -0.39 is 5.97 Å². The van der Waals surface area contributed by atoms with Crippen LogP contribution in [0.4, 0.5) is 0 Å². The minimum absolute atomic E-state index is 0.00336. The standard InChI is InChI=1S/C12H24N2O2/c1-11(2,3)14-9(6-10(15)16)7-13-8-12(14,4)5/h9,13H,6-8H2,1-5H3,(H,15,16). The van der Waals surface area contributed by atoms with Gasteiger partial charge < -0.3 is 10.4 Å². The van der Waals surface area contributed by atoms with Gasteiger partial charge in [-0.2, -0.15) is 0 Å². The zero-order chi connectivity index (χ0) is 12.6. The second kappa shape index (κ2) is 4.34. The van der Waals surface area contributed by atoms with E-state index in [1.165, 1.54) is 0 Å². The smallest absolute Gasteiger partial charge is 0.304 e. The molecule has 1 aliphatic rings. The van der Waals surface area contributed by atoms with Crippen LogP contribution >= 0.6 is 0 Å². The molecule has 0 saturated carbocycles. The van der Waals surface area contributed by atoms with Crippen molar-refractivity contribution < 1.29 is 9.90 Å². The van der Waals surface area contributed by atoms with Crippen LogP contribution in [0.15, 0.2) is 0 Å². The van der Waals surface area contributed by atoms with Gasteiger partial charge in [0.05, 0.1) is 6.42 Å². The zero-order valence-corrected chi connectivity index (χ0v) is 11.0. The molecule has 0 spiro atoms. The first kappa shape index (κ1) is 13.5. The minimum atomic E-state index is -0.723. The van der Waals surface area contributed by atoms with Crippen molar-refractivity contribution >= 4 is 5.97 Å². The minimum Gasteiger partial charge on any atom is -0.481 e. The Morgan fingerprint density at radius 1 is 1.50 bits per heavy atom. The van der Waals surface area contributed by atoms with Gasteiger partial charge in [0.2, 0.25) is 0 Å². The molecule has 16 heavy (non-hydrogen) atoms. The molecule has 0 amide bonds. The first-order valence-corrected chi connectivity index (χ1v) is 5.86. The molecule has 94 valence electrons. The van der Waals surface area contributed by atoms with Crippen molar-refractivity contribution in [1.29, 1.82) is 0 Å². The Bertz CT molecular complexity index is 269. The summed E-state index contributed by atoms with van der Waals surface area (Å²) >= 11 is 0. The monoisotopic (exact) mass is 228 g/mol. The van der Waals surface area contributed by atoms with Gasteiger partial charge in [0.1, 0.15) is 0 Å². The number of carboxylic acid groups (broad SMARTS) is 1. The molecule has 1 saturated heterocycles. The molecule has 0 aromatic rings. The van der Waals surface area contributed by atoms with E-state index in [1.54, 1.807) is 0 Å². The lowest BCUT2D eigenvalue weighted by atomic mass is 9.88. The van der Waals surface area contributed by atoms with E-state index in [2.05, 4.69) is 44.8 Å². The highest BCUT2D eigenvalue weighted by Crippen LogP contribution is 2.30. The molecule has 4 heteroatoms. The quantitative estimate of drug-likeness (QED) is 0.748. The molecule has 0 aliphatic carbocycles. The molecule has 1 aliphatic heterocycles. The Morgan fingerprint density at radius 3 is 2.50 bits per heavy atom. The number of rotatable bonds is 2. The summed E-state index contributed by atoms with van der Waals surface area (Å²) in [6, 6.07) is 0.0706. The van der Waals surface area contributed by atoms with Crippen LogP contribution in [0.3, 0.4) is 0 Å². The van der Waals surface area contributed by atoms with Crippen LogP contribution in [0.25, 0.3) is 0 Å². The van der Waals surface area contributed by atoms with E-state index in [1.807, 2.05) is 0 Å². The summed E-state index contributed by atoms with van der Waals surface area (Å²) in [4.78, 5) is 13.2. The van der Waals surface area contributed by atoms with E-state index in [-0.39, 0.29) is 23.5 Å². The Kier molecular flexibility index (Phi) is 3.65. The van der Waals surface area contributed by atoms with Crippen molar-refractivity contribution in [3.05, 3.63) is 0 Å². The molecule has 2 N–H and O–H groups in total. The number of nitrogens with zero attached hydrogens (tertiary/aromatic N) is 1. The summed E-state index contributed by atoms with van der Waals surface area (Å²) in [5.74, 6) is -0.723. The molecule has 1 rings (SSSR count). The van der Waals surface area contributed by atoms with Gasteiger partial charge in [-0.25, -0.2) is 0 Å². The van der Waals surface area contributed by atoms with Gasteiger partial charge in [-0.1, -0.05) is 0 Å². The topological polar surface area (TPSA) is 52.6 Å². The fraction of sp³-hybridized carbons (Fsp3) is 0.917. The number of carboxylic acids is 1. The lowest BCUT2D eigenvalue weighted by Gasteiger charge is -2.54. The second-order valence-corrected chi connectivity index (χ2v) is 6.24. The highest BCUT2D eigenvalue weighted by molar-refractivity contribution is 5.67. The molecule has 4 nitrogen and oxygen atoms in total. The van der Waals surface area contributed by atoms with Gasteiger partial charge in [-0.15, -0.1) is 0 Å². The van der Waals surface area contributed by atoms with Gasteiger partial charge >= 0.3 is 5.97 Å². The van der Waals surface area contributed by atoms with Crippen molar-refractivity contribution in [2.75, 3.05) is 13.1 Å². The van der Waals surface area contributed by atoms with Crippen molar-refractivity contribution in [1.82, 2.24) is 10.2 Å². The number of nitrogens with one attached hydrogen (secondary N) is 1. The Labute approximate surface area is 98.0 Å². The van der Waals surface area contributed by atoms with E-state index >= 15 is 0 Å². The molecular weight excluding hydrogens is 204 g/mol. The van der Waals surface area contributed by atoms with Crippen molar-refractivity contribution in [3.8, 4) is 0 Å². The average molecular weight is 228 g/mol. The van der Waals surface area contributed by atoms with Crippen LogP contribution in [0.5, 0.6) is 0 Å². The fourth-order valence-corrected chi connectivity index (χ4v) is 3.04. The van der Waals surface area contributed by atoms with Crippen LogP contribution < -0.4 is 5.32 Å². The van der Waals surface area contributed by atoms with Gasteiger partial charge in [0.25, 0.3) is 0 Å². The number of aliphatic carboxylic acids is 1. The van der Waals surface area contributed by atoms with Crippen molar-refractivity contribution in [2.45, 2.75) is 58.2 Å². The molecular formula is C12H24N2O2. The first-order valence-electron chi connectivity index (χ1n) is 5.86. The average Bonchev–Trinajstić information content (AvgIpc) is 1.97. The predicted molar refractivity (Wildman–Crippen MR) is 64.6 cm³/mol. The van der Waals surface area contributed by atoms with E-state index in [9.17, 15) is 4.79 Å². The van der Waals surface area contributed by atoms with Crippen LogP contribution in [-0.4, -0.2) is 46.2 Å². The number of hydrogen-bond donors (Lipinski definition) is 2. The van der Waals surface area contributed by atoms with Crippen LogP contribution in [0.1, 0.15) is 41.0 Å². The first-order chi connectivity index (χ1) is 7.14. The Morgan fingerprint density at radius 2 is 2.06 bits per heavy atom. The second-order valence-electron chi connectivity index (χ2n) is 6.24. The van der Waals surface area contributed by atoms with Crippen LogP contribution in [-0.2, 0) is 4.79 Å². The molecule has 1 unspecified atom stereocenters. The highest BCUT2D eigenvalue weighted by atomic mass is 16.4. The van der Waals surface area contributed by atoms with Gasteiger partial charge in [0, 0.05) is 30.2 Å². The fourth-order valence-electron chi connectivity index (χ4n) is 3.04. The van der Waals surface area contributed by atoms with E-state index in [0.717, 1.165) is 13.1 Å². The Hall–Kier alpha value is -0.610. The van der Waals surface area contributed by atoms with E-state index in [4.69, 9.17) is 5.11 Å². The van der Waals surface area contributed by atoms with Gasteiger partial charge in [0.15, 0.2) is 0 Å². The maximum Gasteiger partial charge on any atom is 0.304 e. The number of carbonyl (C=O) groups is 1. The summed E-state index contributed by atoms with van der Waals surface area (Å²) in [5, 5.41) is 12.3. The van der Waals surface area contributed by atoms with Crippen LogP contribution in [0.2, 0.25) is 0 Å². The summed E-state index contributed by atoms with van der Waals surface area (Å²) in [5.41, 5.74) is -0.0116. The predicted octanol–water partition coefficient (Wildman–Crippen LogP) is 1.31.